The number of hydrogen-bond acceptors (Lipinski definition) is 3. The van der Waals surface area contributed by atoms with Gasteiger partial charge in [-0.2, -0.15) is 5.10 Å². The molecule has 2 heterocycles. The molecule has 0 bridgehead atoms. The molecule has 5 nitrogen and oxygen atoms in total. The van der Waals surface area contributed by atoms with Gasteiger partial charge in [-0.1, -0.05) is 25.5 Å². The SMILES string of the molecule is CCCc1ccc(C(=O)N2CCC[C@H](n3nc(C)nc3C)C2)cc1. The normalized spacial score (nSPS) is 18.0. The van der Waals surface area contributed by atoms with Gasteiger partial charge in [-0.15, -0.1) is 0 Å². The van der Waals surface area contributed by atoms with E-state index < -0.39 is 0 Å². The Bertz CT molecular complexity index is 705. The molecule has 0 unspecified atom stereocenters. The number of likely N-dealkylation sites (tertiary alicyclic amines) is 1. The first-order chi connectivity index (χ1) is 11.6. The molecule has 1 aromatic carbocycles. The van der Waals surface area contributed by atoms with Gasteiger partial charge >= 0.3 is 0 Å². The zero-order chi connectivity index (χ0) is 17.1. The van der Waals surface area contributed by atoms with Crippen molar-refractivity contribution in [2.45, 2.75) is 52.5 Å². The minimum atomic E-state index is 0.122. The van der Waals surface area contributed by atoms with Gasteiger partial charge in [0.25, 0.3) is 5.91 Å². The third-order valence-electron chi connectivity index (χ3n) is 4.68. The van der Waals surface area contributed by atoms with Gasteiger partial charge in [0.05, 0.1) is 6.04 Å². The summed E-state index contributed by atoms with van der Waals surface area (Å²) in [6, 6.07) is 8.29. The van der Waals surface area contributed by atoms with Crippen molar-refractivity contribution in [2.24, 2.45) is 0 Å². The van der Waals surface area contributed by atoms with Crippen LogP contribution in [0.25, 0.3) is 0 Å². The van der Waals surface area contributed by atoms with Crippen molar-refractivity contribution in [3.63, 3.8) is 0 Å². The molecule has 1 aliphatic rings. The summed E-state index contributed by atoms with van der Waals surface area (Å²) in [5, 5.41) is 4.50. The molecule has 0 aliphatic carbocycles. The highest BCUT2D eigenvalue weighted by Gasteiger charge is 2.27. The largest absolute Gasteiger partial charge is 0.337 e. The summed E-state index contributed by atoms with van der Waals surface area (Å²) in [6.45, 7) is 7.58. The van der Waals surface area contributed by atoms with E-state index in [1.54, 1.807) is 0 Å². The van der Waals surface area contributed by atoms with Crippen LogP contribution in [0.1, 0.15) is 59.8 Å². The summed E-state index contributed by atoms with van der Waals surface area (Å²) in [5.41, 5.74) is 2.07. The molecule has 0 N–H and O–H groups in total. The highest BCUT2D eigenvalue weighted by Crippen LogP contribution is 2.23. The Morgan fingerprint density at radius 2 is 2.00 bits per heavy atom. The number of amides is 1. The summed E-state index contributed by atoms with van der Waals surface area (Å²) >= 11 is 0. The maximum absolute atomic E-state index is 12.8. The fraction of sp³-hybridized carbons (Fsp3) is 0.526. The lowest BCUT2D eigenvalue weighted by atomic mass is 10.0. The van der Waals surface area contributed by atoms with Crippen LogP contribution in [0.4, 0.5) is 0 Å². The van der Waals surface area contributed by atoms with Crippen LogP contribution in [0, 0.1) is 13.8 Å². The van der Waals surface area contributed by atoms with E-state index in [0.717, 1.165) is 49.4 Å². The number of benzene rings is 1. The molecular weight excluding hydrogens is 300 g/mol. The van der Waals surface area contributed by atoms with Crippen LogP contribution in [0.3, 0.4) is 0 Å². The Labute approximate surface area is 143 Å². The lowest BCUT2D eigenvalue weighted by Gasteiger charge is -2.33. The molecule has 1 fully saturated rings. The van der Waals surface area contributed by atoms with Gasteiger partial charge in [0.1, 0.15) is 11.6 Å². The van der Waals surface area contributed by atoms with E-state index in [0.29, 0.717) is 6.54 Å². The predicted octanol–water partition coefficient (Wildman–Crippen LogP) is 3.32. The number of nitrogens with zero attached hydrogens (tertiary/aromatic N) is 4. The van der Waals surface area contributed by atoms with Crippen molar-refractivity contribution >= 4 is 5.91 Å². The lowest BCUT2D eigenvalue weighted by Crippen LogP contribution is -2.41. The molecule has 1 aliphatic heterocycles. The Balaban J connectivity index is 1.72. The van der Waals surface area contributed by atoms with Crippen molar-refractivity contribution in [1.82, 2.24) is 19.7 Å². The maximum atomic E-state index is 12.8. The molecule has 1 aromatic heterocycles. The quantitative estimate of drug-likeness (QED) is 0.866. The van der Waals surface area contributed by atoms with Crippen LogP contribution in [-0.4, -0.2) is 38.7 Å². The van der Waals surface area contributed by atoms with Crippen molar-refractivity contribution in [3.05, 3.63) is 47.0 Å². The predicted molar refractivity (Wildman–Crippen MR) is 94.1 cm³/mol. The second-order valence-electron chi connectivity index (χ2n) is 6.64. The molecule has 2 aromatic rings. The van der Waals surface area contributed by atoms with Crippen LogP contribution < -0.4 is 0 Å². The molecule has 24 heavy (non-hydrogen) atoms. The minimum absolute atomic E-state index is 0.122. The van der Waals surface area contributed by atoms with Crippen molar-refractivity contribution in [1.29, 1.82) is 0 Å². The molecule has 0 spiro atoms. The molecule has 1 amide bonds. The highest BCUT2D eigenvalue weighted by atomic mass is 16.2. The average Bonchev–Trinajstić information content (AvgIpc) is 2.94. The molecular formula is C19H26N4O. The third kappa shape index (κ3) is 3.50. The topological polar surface area (TPSA) is 51.0 Å². The van der Waals surface area contributed by atoms with Crippen molar-refractivity contribution < 1.29 is 4.79 Å². The molecule has 3 rings (SSSR count). The van der Waals surface area contributed by atoms with Crippen LogP contribution in [-0.2, 0) is 6.42 Å². The Kier molecular flexibility index (Phi) is 4.97. The first-order valence-electron chi connectivity index (χ1n) is 8.86. The highest BCUT2D eigenvalue weighted by molar-refractivity contribution is 5.94. The molecule has 0 saturated carbocycles. The number of hydrogen-bond donors (Lipinski definition) is 0. The summed E-state index contributed by atoms with van der Waals surface area (Å²) in [6.07, 6.45) is 4.23. The van der Waals surface area contributed by atoms with Gasteiger partial charge in [-0.3, -0.25) is 4.79 Å². The Hall–Kier alpha value is -2.17. The lowest BCUT2D eigenvalue weighted by molar-refractivity contribution is 0.0671. The molecule has 0 radical (unpaired) electrons. The standard InChI is InChI=1S/C19H26N4O/c1-4-6-16-8-10-17(11-9-16)19(24)22-12-5-7-18(13-22)23-15(3)20-14(2)21-23/h8-11,18H,4-7,12-13H2,1-3H3/t18-/m0/s1. The van der Waals surface area contributed by atoms with E-state index in [-0.39, 0.29) is 11.9 Å². The number of piperidine rings is 1. The van der Waals surface area contributed by atoms with Crippen LogP contribution >= 0.6 is 0 Å². The smallest absolute Gasteiger partial charge is 0.253 e. The second kappa shape index (κ2) is 7.16. The monoisotopic (exact) mass is 326 g/mol. The van der Waals surface area contributed by atoms with Crippen LogP contribution in [0.15, 0.2) is 24.3 Å². The van der Waals surface area contributed by atoms with Gasteiger partial charge in [-0.05, 0) is 50.8 Å². The van der Waals surface area contributed by atoms with E-state index in [4.69, 9.17) is 0 Å². The van der Waals surface area contributed by atoms with Gasteiger partial charge in [0.15, 0.2) is 0 Å². The number of rotatable bonds is 4. The number of aromatic nitrogens is 3. The Morgan fingerprint density at radius 1 is 1.25 bits per heavy atom. The van der Waals surface area contributed by atoms with Crippen LogP contribution in [0.5, 0.6) is 0 Å². The van der Waals surface area contributed by atoms with Crippen molar-refractivity contribution in [2.75, 3.05) is 13.1 Å². The van der Waals surface area contributed by atoms with E-state index in [1.807, 2.05) is 35.6 Å². The second-order valence-corrected chi connectivity index (χ2v) is 6.64. The van der Waals surface area contributed by atoms with Gasteiger partial charge in [0.2, 0.25) is 0 Å². The van der Waals surface area contributed by atoms with E-state index in [2.05, 4.69) is 29.1 Å². The number of carbonyl (C=O) groups excluding carboxylic acids is 1. The van der Waals surface area contributed by atoms with E-state index >= 15 is 0 Å². The zero-order valence-electron chi connectivity index (χ0n) is 14.8. The molecule has 1 atom stereocenters. The van der Waals surface area contributed by atoms with Gasteiger partial charge in [-0.25, -0.2) is 9.67 Å². The zero-order valence-corrected chi connectivity index (χ0v) is 14.8. The number of carbonyl (C=O) groups is 1. The summed E-state index contributed by atoms with van der Waals surface area (Å²) < 4.78 is 1.99. The molecule has 128 valence electrons. The fourth-order valence-electron chi connectivity index (χ4n) is 3.51. The maximum Gasteiger partial charge on any atom is 0.253 e. The summed E-state index contributed by atoms with van der Waals surface area (Å²) in [5.74, 6) is 1.84. The van der Waals surface area contributed by atoms with Gasteiger partial charge in [0, 0.05) is 18.7 Å². The Morgan fingerprint density at radius 3 is 2.62 bits per heavy atom. The number of aryl methyl sites for hydroxylation is 3. The molecule has 1 saturated heterocycles. The summed E-state index contributed by atoms with van der Waals surface area (Å²) in [4.78, 5) is 19.2. The molecule has 5 heteroatoms. The first kappa shape index (κ1) is 16.7. The fourth-order valence-corrected chi connectivity index (χ4v) is 3.51. The van der Waals surface area contributed by atoms with E-state index in [1.165, 1.54) is 5.56 Å². The summed E-state index contributed by atoms with van der Waals surface area (Å²) in [7, 11) is 0. The van der Waals surface area contributed by atoms with Gasteiger partial charge < -0.3 is 4.90 Å². The average molecular weight is 326 g/mol. The first-order valence-corrected chi connectivity index (χ1v) is 8.86. The minimum Gasteiger partial charge on any atom is -0.337 e. The van der Waals surface area contributed by atoms with E-state index in [9.17, 15) is 4.79 Å². The van der Waals surface area contributed by atoms with Crippen molar-refractivity contribution in [3.8, 4) is 0 Å². The van der Waals surface area contributed by atoms with Crippen LogP contribution in [0.2, 0.25) is 0 Å². The third-order valence-corrected chi connectivity index (χ3v) is 4.68.